The van der Waals surface area contributed by atoms with Gasteiger partial charge >= 0.3 is 0 Å². The molecule has 1 rings (SSSR count). The molecule has 0 atom stereocenters. The van der Waals surface area contributed by atoms with Crippen molar-refractivity contribution in [1.29, 1.82) is 0 Å². The van der Waals surface area contributed by atoms with Gasteiger partial charge in [-0.1, -0.05) is 0 Å². The number of hydrogen-bond acceptors (Lipinski definition) is 2. The number of thiocarbonyl (C=S) groups is 1. The van der Waals surface area contributed by atoms with Crippen LogP contribution < -0.4 is 10.1 Å². The lowest BCUT2D eigenvalue weighted by Crippen LogP contribution is -2.19. The molecule has 0 aliphatic heterocycles. The first-order valence-corrected chi connectivity index (χ1v) is 4.39. The van der Waals surface area contributed by atoms with E-state index in [0.717, 1.165) is 4.80 Å². The SMILES string of the molecule is CNC(=S)/N=c1/sccn1C. The number of rotatable bonds is 0. The number of nitrogens with zero attached hydrogens (tertiary/aromatic N) is 2. The number of aromatic nitrogens is 1. The second-order valence-corrected chi connectivity index (χ2v) is 3.22. The monoisotopic (exact) mass is 187 g/mol. The van der Waals surface area contributed by atoms with Crippen LogP contribution in [0.15, 0.2) is 16.6 Å². The maximum Gasteiger partial charge on any atom is 0.195 e. The Balaban J connectivity index is 3.00. The molecule has 0 aliphatic rings. The lowest BCUT2D eigenvalue weighted by atomic mass is 10.9. The third kappa shape index (κ3) is 2.13. The van der Waals surface area contributed by atoms with Crippen LogP contribution in [0.1, 0.15) is 0 Å². The fourth-order valence-corrected chi connectivity index (χ4v) is 1.46. The van der Waals surface area contributed by atoms with Crippen LogP contribution in [0, 0.1) is 0 Å². The van der Waals surface area contributed by atoms with Crippen molar-refractivity contribution < 1.29 is 0 Å². The van der Waals surface area contributed by atoms with E-state index in [4.69, 9.17) is 12.2 Å². The van der Waals surface area contributed by atoms with Gasteiger partial charge in [0.05, 0.1) is 0 Å². The zero-order valence-electron chi connectivity index (χ0n) is 6.37. The molecule has 0 saturated carbocycles. The quantitative estimate of drug-likeness (QED) is 0.599. The minimum Gasteiger partial charge on any atom is -0.364 e. The summed E-state index contributed by atoms with van der Waals surface area (Å²) in [5, 5.41) is 5.27. The number of hydrogen-bond donors (Lipinski definition) is 1. The van der Waals surface area contributed by atoms with Crippen LogP contribution in [0.3, 0.4) is 0 Å². The molecule has 1 N–H and O–H groups in total. The molecule has 0 aromatic carbocycles. The highest BCUT2D eigenvalue weighted by molar-refractivity contribution is 7.80. The van der Waals surface area contributed by atoms with Gasteiger partial charge in [-0.3, -0.25) is 0 Å². The lowest BCUT2D eigenvalue weighted by molar-refractivity contribution is 0.875. The molecule has 1 aromatic rings. The third-order valence-electron chi connectivity index (χ3n) is 1.17. The minimum atomic E-state index is 0.517. The Morgan fingerprint density at radius 3 is 3.00 bits per heavy atom. The molecule has 0 bridgehead atoms. The fraction of sp³-hybridized carbons (Fsp3) is 0.333. The standard InChI is InChI=1S/C6H9N3S2/c1-7-5(10)8-6-9(2)3-4-11-6/h3-4H,1-2H3,(H,7,10)/b8-6+. The van der Waals surface area contributed by atoms with Gasteiger partial charge in [0.25, 0.3) is 0 Å². The van der Waals surface area contributed by atoms with Crippen molar-refractivity contribution >= 4 is 28.7 Å². The van der Waals surface area contributed by atoms with E-state index < -0.39 is 0 Å². The maximum atomic E-state index is 4.88. The molecule has 0 aliphatic carbocycles. The molecule has 60 valence electrons. The summed E-state index contributed by atoms with van der Waals surface area (Å²) in [5.74, 6) is 0. The summed E-state index contributed by atoms with van der Waals surface area (Å²) in [5.41, 5.74) is 0. The zero-order chi connectivity index (χ0) is 8.27. The van der Waals surface area contributed by atoms with Gasteiger partial charge in [0.2, 0.25) is 0 Å². The van der Waals surface area contributed by atoms with E-state index in [1.54, 1.807) is 18.4 Å². The Labute approximate surface area is 74.4 Å². The van der Waals surface area contributed by atoms with Gasteiger partial charge < -0.3 is 9.88 Å². The third-order valence-corrected chi connectivity index (χ3v) is 2.31. The highest BCUT2D eigenvalue weighted by Gasteiger charge is 1.89. The highest BCUT2D eigenvalue weighted by Crippen LogP contribution is 1.85. The summed E-state index contributed by atoms with van der Waals surface area (Å²) in [4.78, 5) is 5.05. The molecule has 11 heavy (non-hydrogen) atoms. The summed E-state index contributed by atoms with van der Waals surface area (Å²) >= 11 is 6.44. The molecule has 0 spiro atoms. The van der Waals surface area contributed by atoms with Gasteiger partial charge in [0.15, 0.2) is 9.91 Å². The Hall–Kier alpha value is -0.680. The summed E-state index contributed by atoms with van der Waals surface area (Å²) in [6, 6.07) is 0. The van der Waals surface area contributed by atoms with Crippen molar-refractivity contribution in [1.82, 2.24) is 9.88 Å². The largest absolute Gasteiger partial charge is 0.364 e. The van der Waals surface area contributed by atoms with E-state index in [1.165, 1.54) is 0 Å². The Morgan fingerprint density at radius 1 is 1.82 bits per heavy atom. The molecule has 0 saturated heterocycles. The maximum absolute atomic E-state index is 4.88. The highest BCUT2D eigenvalue weighted by atomic mass is 32.1. The van der Waals surface area contributed by atoms with Crippen molar-refractivity contribution in [2.24, 2.45) is 12.0 Å². The van der Waals surface area contributed by atoms with Crippen molar-refractivity contribution in [3.63, 3.8) is 0 Å². The summed E-state index contributed by atoms with van der Waals surface area (Å²) < 4.78 is 1.92. The van der Waals surface area contributed by atoms with E-state index >= 15 is 0 Å². The molecular formula is C6H9N3S2. The second-order valence-electron chi connectivity index (χ2n) is 1.96. The van der Waals surface area contributed by atoms with Gasteiger partial charge in [0, 0.05) is 25.7 Å². The van der Waals surface area contributed by atoms with Crippen molar-refractivity contribution in [3.05, 3.63) is 16.4 Å². The summed E-state index contributed by atoms with van der Waals surface area (Å²) in [6.45, 7) is 0. The van der Waals surface area contributed by atoms with Crippen molar-refractivity contribution in [3.8, 4) is 0 Å². The molecule has 0 unspecified atom stereocenters. The zero-order valence-corrected chi connectivity index (χ0v) is 8.00. The van der Waals surface area contributed by atoms with E-state index in [2.05, 4.69) is 10.3 Å². The molecule has 0 fully saturated rings. The van der Waals surface area contributed by atoms with E-state index in [0.29, 0.717) is 5.11 Å². The van der Waals surface area contributed by atoms with Gasteiger partial charge in [-0.15, -0.1) is 11.3 Å². The number of aryl methyl sites for hydroxylation is 1. The normalized spacial score (nSPS) is 11.6. The number of thiazole rings is 1. The topological polar surface area (TPSA) is 29.3 Å². The van der Waals surface area contributed by atoms with Crippen LogP contribution in [0.4, 0.5) is 0 Å². The van der Waals surface area contributed by atoms with Crippen molar-refractivity contribution in [2.75, 3.05) is 7.05 Å². The smallest absolute Gasteiger partial charge is 0.195 e. The summed E-state index contributed by atoms with van der Waals surface area (Å²) in [6.07, 6.45) is 1.95. The average Bonchev–Trinajstić information content (AvgIpc) is 2.37. The second kappa shape index (κ2) is 3.64. The fourth-order valence-electron chi connectivity index (χ4n) is 0.577. The van der Waals surface area contributed by atoms with E-state index in [9.17, 15) is 0 Å². The molecule has 1 aromatic heterocycles. The Morgan fingerprint density at radius 2 is 2.55 bits per heavy atom. The molecule has 5 heteroatoms. The van der Waals surface area contributed by atoms with Gasteiger partial charge in [-0.05, 0) is 12.2 Å². The molecule has 0 amide bonds. The van der Waals surface area contributed by atoms with Crippen LogP contribution >= 0.6 is 23.6 Å². The Bertz CT molecular complexity index is 310. The first-order chi connectivity index (χ1) is 5.24. The predicted molar refractivity (Wildman–Crippen MR) is 50.5 cm³/mol. The first kappa shape index (κ1) is 8.42. The molecule has 0 radical (unpaired) electrons. The predicted octanol–water partition coefficient (Wildman–Crippen LogP) is 0.492. The van der Waals surface area contributed by atoms with Gasteiger partial charge in [-0.25, -0.2) is 0 Å². The van der Waals surface area contributed by atoms with Crippen LogP contribution in [-0.4, -0.2) is 16.7 Å². The Kier molecular flexibility index (Phi) is 2.78. The molecule has 3 nitrogen and oxygen atoms in total. The summed E-state index contributed by atoms with van der Waals surface area (Å²) in [7, 11) is 3.70. The van der Waals surface area contributed by atoms with Crippen LogP contribution in [0.25, 0.3) is 0 Å². The lowest BCUT2D eigenvalue weighted by Gasteiger charge is -1.92. The van der Waals surface area contributed by atoms with Crippen molar-refractivity contribution in [2.45, 2.75) is 0 Å². The number of nitrogens with one attached hydrogen (secondary N) is 1. The van der Waals surface area contributed by atoms with E-state index in [1.807, 2.05) is 23.2 Å². The van der Waals surface area contributed by atoms with Crippen LogP contribution in [-0.2, 0) is 7.05 Å². The van der Waals surface area contributed by atoms with Crippen LogP contribution in [0.2, 0.25) is 0 Å². The van der Waals surface area contributed by atoms with Gasteiger partial charge in [0.1, 0.15) is 0 Å². The first-order valence-electron chi connectivity index (χ1n) is 3.10. The minimum absolute atomic E-state index is 0.517. The average molecular weight is 187 g/mol. The van der Waals surface area contributed by atoms with Crippen LogP contribution in [0.5, 0.6) is 0 Å². The molecule has 1 heterocycles. The van der Waals surface area contributed by atoms with E-state index in [-0.39, 0.29) is 0 Å². The van der Waals surface area contributed by atoms with Gasteiger partial charge in [-0.2, -0.15) is 4.99 Å². The molecular weight excluding hydrogens is 178 g/mol.